The van der Waals surface area contributed by atoms with Crippen molar-refractivity contribution < 1.29 is 9.13 Å². The number of rotatable bonds is 6. The molecule has 3 aromatic rings. The van der Waals surface area contributed by atoms with Crippen LogP contribution in [0.5, 0.6) is 5.75 Å². The quantitative estimate of drug-likeness (QED) is 0.506. The molecule has 136 valence electrons. The first-order chi connectivity index (χ1) is 12.5. The van der Waals surface area contributed by atoms with Crippen LogP contribution in [0.4, 0.5) is 4.39 Å². The van der Waals surface area contributed by atoms with Gasteiger partial charge < -0.3 is 9.30 Å². The molecule has 0 atom stereocenters. The molecule has 1 aromatic heterocycles. The fraction of sp³-hybridized carbons (Fsp3) is 0.222. The molecule has 0 unspecified atom stereocenters. The molecule has 0 N–H and O–H groups in total. The Labute approximate surface area is 165 Å². The molecule has 2 aromatic carbocycles. The van der Waals surface area contributed by atoms with Gasteiger partial charge in [-0.1, -0.05) is 47.1 Å². The molecule has 0 saturated carbocycles. The molecule has 26 heavy (non-hydrogen) atoms. The van der Waals surface area contributed by atoms with E-state index in [1.807, 2.05) is 30.7 Å². The van der Waals surface area contributed by atoms with Gasteiger partial charge in [0, 0.05) is 23.4 Å². The molecule has 0 spiro atoms. The van der Waals surface area contributed by atoms with Crippen LogP contribution in [0, 0.1) is 12.7 Å². The van der Waals surface area contributed by atoms with E-state index in [9.17, 15) is 4.39 Å². The summed E-state index contributed by atoms with van der Waals surface area (Å²) in [4.78, 5) is 0. The van der Waals surface area contributed by atoms with Crippen molar-refractivity contribution >= 4 is 35.0 Å². The van der Waals surface area contributed by atoms with E-state index in [0.29, 0.717) is 38.1 Å². The van der Waals surface area contributed by atoms with Crippen molar-refractivity contribution in [3.8, 4) is 5.75 Å². The van der Waals surface area contributed by atoms with Gasteiger partial charge >= 0.3 is 0 Å². The number of ether oxygens (including phenoxy) is 1. The highest BCUT2D eigenvalue weighted by Crippen LogP contribution is 2.29. The summed E-state index contributed by atoms with van der Waals surface area (Å²) in [7, 11) is 1.84. The molecule has 0 fully saturated rings. The lowest BCUT2D eigenvalue weighted by Gasteiger charge is -2.09. The van der Waals surface area contributed by atoms with Crippen molar-refractivity contribution in [3.63, 3.8) is 0 Å². The summed E-state index contributed by atoms with van der Waals surface area (Å²) < 4.78 is 21.4. The zero-order chi connectivity index (χ0) is 18.7. The maximum atomic E-state index is 13.9. The predicted octanol–water partition coefficient (Wildman–Crippen LogP) is 5.44. The number of aromatic nitrogens is 3. The molecule has 8 heteroatoms. The summed E-state index contributed by atoms with van der Waals surface area (Å²) in [6.07, 6.45) is 0. The smallest absolute Gasteiger partial charge is 0.191 e. The van der Waals surface area contributed by atoms with Gasteiger partial charge in [0.05, 0.1) is 5.02 Å². The van der Waals surface area contributed by atoms with Crippen LogP contribution in [0.15, 0.2) is 41.6 Å². The first-order valence-corrected chi connectivity index (χ1v) is 9.52. The second-order valence-electron chi connectivity index (χ2n) is 5.67. The molecule has 0 saturated heterocycles. The van der Waals surface area contributed by atoms with Crippen LogP contribution in [0.2, 0.25) is 10.0 Å². The third-order valence-electron chi connectivity index (χ3n) is 3.78. The third-order valence-corrected chi connectivity index (χ3v) is 5.49. The molecule has 0 aliphatic rings. The van der Waals surface area contributed by atoms with E-state index in [1.54, 1.807) is 18.2 Å². The monoisotopic (exact) mass is 411 g/mol. The Morgan fingerprint density at radius 2 is 1.96 bits per heavy atom. The molecule has 0 aliphatic heterocycles. The second kappa shape index (κ2) is 8.29. The molecule has 0 radical (unpaired) electrons. The highest BCUT2D eigenvalue weighted by atomic mass is 35.5. The van der Waals surface area contributed by atoms with E-state index in [1.165, 1.54) is 17.8 Å². The Morgan fingerprint density at radius 1 is 1.15 bits per heavy atom. The normalized spacial score (nSPS) is 11.0. The minimum Gasteiger partial charge on any atom is -0.484 e. The van der Waals surface area contributed by atoms with Gasteiger partial charge in [-0.15, -0.1) is 10.2 Å². The van der Waals surface area contributed by atoms with Crippen molar-refractivity contribution in [3.05, 3.63) is 69.2 Å². The van der Waals surface area contributed by atoms with Gasteiger partial charge in [-0.25, -0.2) is 4.39 Å². The van der Waals surface area contributed by atoms with Crippen LogP contribution >= 0.6 is 35.0 Å². The van der Waals surface area contributed by atoms with Crippen molar-refractivity contribution in [2.24, 2.45) is 7.05 Å². The Bertz CT molecular complexity index is 913. The SMILES string of the molecule is Cc1ccc(Cl)c(OCc2nnc(SCc3c(F)cccc3Cl)n2C)c1. The van der Waals surface area contributed by atoms with E-state index >= 15 is 0 Å². The van der Waals surface area contributed by atoms with Gasteiger partial charge in [-0.2, -0.15) is 0 Å². The van der Waals surface area contributed by atoms with Crippen molar-refractivity contribution in [2.45, 2.75) is 24.4 Å². The molecule has 0 aliphatic carbocycles. The summed E-state index contributed by atoms with van der Waals surface area (Å²) in [6.45, 7) is 2.20. The topological polar surface area (TPSA) is 39.9 Å². The predicted molar refractivity (Wildman–Crippen MR) is 102 cm³/mol. The van der Waals surface area contributed by atoms with Gasteiger partial charge in [-0.05, 0) is 36.8 Å². The Balaban J connectivity index is 1.67. The summed E-state index contributed by atoms with van der Waals surface area (Å²) >= 11 is 13.6. The van der Waals surface area contributed by atoms with Crippen LogP contribution in [-0.4, -0.2) is 14.8 Å². The van der Waals surface area contributed by atoms with Crippen LogP contribution in [0.3, 0.4) is 0 Å². The van der Waals surface area contributed by atoms with Crippen molar-refractivity contribution in [2.75, 3.05) is 0 Å². The minimum atomic E-state index is -0.329. The van der Waals surface area contributed by atoms with Gasteiger partial charge in [0.15, 0.2) is 11.0 Å². The average Bonchev–Trinajstić information content (AvgIpc) is 2.95. The van der Waals surface area contributed by atoms with E-state index in [-0.39, 0.29) is 12.4 Å². The fourth-order valence-corrected chi connectivity index (χ4v) is 3.71. The first kappa shape index (κ1) is 19.0. The Hall–Kier alpha value is -1.76. The van der Waals surface area contributed by atoms with Crippen LogP contribution in [0.1, 0.15) is 17.0 Å². The molecule has 0 bridgehead atoms. The van der Waals surface area contributed by atoms with Crippen LogP contribution < -0.4 is 4.74 Å². The largest absolute Gasteiger partial charge is 0.484 e. The maximum absolute atomic E-state index is 13.9. The minimum absolute atomic E-state index is 0.230. The number of hydrogen-bond acceptors (Lipinski definition) is 4. The lowest BCUT2D eigenvalue weighted by atomic mass is 10.2. The number of thioether (sulfide) groups is 1. The van der Waals surface area contributed by atoms with Crippen LogP contribution in [0.25, 0.3) is 0 Å². The Kier molecular flexibility index (Phi) is 6.06. The number of nitrogens with zero attached hydrogens (tertiary/aromatic N) is 3. The maximum Gasteiger partial charge on any atom is 0.191 e. The fourth-order valence-electron chi connectivity index (χ4n) is 2.27. The summed E-state index contributed by atoms with van der Waals surface area (Å²) in [5.41, 5.74) is 1.51. The standard InChI is InChI=1S/C18H16Cl2FN3OS/c1-11-6-7-14(20)16(8-11)25-9-17-22-23-18(24(17)2)26-10-12-13(19)4-3-5-15(12)21/h3-8H,9-10H2,1-2H3. The number of halogens is 3. The third kappa shape index (κ3) is 4.31. The number of benzene rings is 2. The molecule has 4 nitrogen and oxygen atoms in total. The van der Waals surface area contributed by atoms with Gasteiger partial charge in [-0.3, -0.25) is 0 Å². The van der Waals surface area contributed by atoms with Gasteiger partial charge in [0.25, 0.3) is 0 Å². The Morgan fingerprint density at radius 3 is 2.73 bits per heavy atom. The molecule has 1 heterocycles. The van der Waals surface area contributed by atoms with Gasteiger partial charge in [0.2, 0.25) is 0 Å². The summed E-state index contributed by atoms with van der Waals surface area (Å²) in [5, 5.41) is 9.87. The van der Waals surface area contributed by atoms with Crippen molar-refractivity contribution in [1.29, 1.82) is 0 Å². The summed E-state index contributed by atoms with van der Waals surface area (Å²) in [5.74, 6) is 1.28. The van der Waals surface area contributed by atoms with Gasteiger partial charge in [0.1, 0.15) is 18.2 Å². The second-order valence-corrected chi connectivity index (χ2v) is 7.43. The number of hydrogen-bond donors (Lipinski definition) is 0. The zero-order valence-corrected chi connectivity index (χ0v) is 16.5. The highest BCUT2D eigenvalue weighted by Gasteiger charge is 2.13. The van der Waals surface area contributed by atoms with Crippen molar-refractivity contribution in [1.82, 2.24) is 14.8 Å². The van der Waals surface area contributed by atoms with E-state index < -0.39 is 0 Å². The molecular formula is C18H16Cl2FN3OS. The van der Waals surface area contributed by atoms with Crippen LogP contribution in [-0.2, 0) is 19.4 Å². The average molecular weight is 412 g/mol. The summed E-state index contributed by atoms with van der Waals surface area (Å²) in [6, 6.07) is 10.2. The molecule has 3 rings (SSSR count). The van der Waals surface area contributed by atoms with E-state index in [0.717, 1.165) is 5.56 Å². The lowest BCUT2D eigenvalue weighted by molar-refractivity contribution is 0.290. The number of aryl methyl sites for hydroxylation is 1. The molecular weight excluding hydrogens is 396 g/mol. The highest BCUT2D eigenvalue weighted by molar-refractivity contribution is 7.98. The first-order valence-electron chi connectivity index (χ1n) is 7.78. The molecule has 0 amide bonds. The van der Waals surface area contributed by atoms with E-state index in [4.69, 9.17) is 27.9 Å². The lowest BCUT2D eigenvalue weighted by Crippen LogP contribution is -2.04. The zero-order valence-electron chi connectivity index (χ0n) is 14.2. The van der Waals surface area contributed by atoms with E-state index in [2.05, 4.69) is 10.2 Å².